The highest BCUT2D eigenvalue weighted by atomic mass is 19.1. The fourth-order valence-electron chi connectivity index (χ4n) is 5.30. The van der Waals surface area contributed by atoms with E-state index in [1.165, 1.54) is 89.0 Å². The van der Waals surface area contributed by atoms with Gasteiger partial charge in [-0.3, -0.25) is 4.98 Å². The molecule has 3 rings (SSSR count). The lowest BCUT2D eigenvalue weighted by Gasteiger charge is -2.28. The van der Waals surface area contributed by atoms with Crippen LogP contribution in [-0.2, 0) is 6.42 Å². The van der Waals surface area contributed by atoms with Gasteiger partial charge in [0.1, 0.15) is 5.82 Å². The summed E-state index contributed by atoms with van der Waals surface area (Å²) in [5.74, 6) is 1.41. The quantitative estimate of drug-likeness (QED) is 0.284. The molecule has 0 saturated heterocycles. The Hall–Kier alpha value is -1.70. The molecule has 2 aromatic rings. The van der Waals surface area contributed by atoms with Crippen LogP contribution in [0.2, 0.25) is 0 Å². The third kappa shape index (κ3) is 7.71. The lowest BCUT2D eigenvalue weighted by atomic mass is 9.77. The van der Waals surface area contributed by atoms with Gasteiger partial charge in [-0.2, -0.15) is 0 Å². The minimum absolute atomic E-state index is 0.139. The zero-order valence-electron chi connectivity index (χ0n) is 20.6. The molecule has 32 heavy (non-hydrogen) atoms. The molecule has 0 unspecified atom stereocenters. The fraction of sp³-hybridized carbons (Fsp3) is 0.633. The molecule has 0 radical (unpaired) electrons. The minimum atomic E-state index is -0.139. The highest BCUT2D eigenvalue weighted by molar-refractivity contribution is 5.60. The Labute approximate surface area is 196 Å². The summed E-state index contributed by atoms with van der Waals surface area (Å²) >= 11 is 0. The third-order valence-corrected chi connectivity index (χ3v) is 7.45. The van der Waals surface area contributed by atoms with Gasteiger partial charge in [0, 0.05) is 11.8 Å². The maximum Gasteiger partial charge on any atom is 0.132 e. The van der Waals surface area contributed by atoms with Crippen LogP contribution < -0.4 is 0 Å². The summed E-state index contributed by atoms with van der Waals surface area (Å²) in [5.41, 5.74) is 3.82. The average molecular weight is 438 g/mol. The van der Waals surface area contributed by atoms with E-state index in [-0.39, 0.29) is 5.82 Å². The number of nitrogens with zero attached hydrogens (tertiary/aromatic N) is 1. The van der Waals surface area contributed by atoms with Gasteiger partial charge in [0.2, 0.25) is 0 Å². The first-order chi connectivity index (χ1) is 15.7. The summed E-state index contributed by atoms with van der Waals surface area (Å²) in [5, 5.41) is 0. The maximum absolute atomic E-state index is 14.8. The lowest BCUT2D eigenvalue weighted by Crippen LogP contribution is -2.13. The second-order valence-corrected chi connectivity index (χ2v) is 10.0. The predicted molar refractivity (Wildman–Crippen MR) is 136 cm³/mol. The van der Waals surface area contributed by atoms with Gasteiger partial charge in [0.05, 0.1) is 5.69 Å². The van der Waals surface area contributed by atoms with Crippen molar-refractivity contribution in [3.63, 3.8) is 0 Å². The number of hydrogen-bond donors (Lipinski definition) is 0. The van der Waals surface area contributed by atoms with Crippen molar-refractivity contribution in [3.8, 4) is 11.3 Å². The van der Waals surface area contributed by atoms with Gasteiger partial charge in [-0.1, -0.05) is 83.8 Å². The minimum Gasteiger partial charge on any atom is -0.256 e. The number of rotatable bonds is 13. The lowest BCUT2D eigenvalue weighted by molar-refractivity contribution is 0.302. The van der Waals surface area contributed by atoms with E-state index in [0.29, 0.717) is 11.5 Å². The number of aryl methyl sites for hydroxylation is 1. The second-order valence-electron chi connectivity index (χ2n) is 10.0. The first-order valence-electron chi connectivity index (χ1n) is 13.5. The van der Waals surface area contributed by atoms with Crippen molar-refractivity contribution in [2.75, 3.05) is 0 Å². The Balaban J connectivity index is 1.49. The Morgan fingerprint density at radius 3 is 2.19 bits per heavy atom. The molecule has 176 valence electrons. The molecule has 0 atom stereocenters. The molecule has 1 aliphatic rings. The van der Waals surface area contributed by atoms with E-state index in [2.05, 4.69) is 31.0 Å². The van der Waals surface area contributed by atoms with Gasteiger partial charge >= 0.3 is 0 Å². The molecular weight excluding hydrogens is 393 g/mol. The smallest absolute Gasteiger partial charge is 0.132 e. The number of unbranched alkanes of at least 4 members (excludes halogenated alkanes) is 7. The molecule has 1 fully saturated rings. The van der Waals surface area contributed by atoms with Crippen LogP contribution in [0.5, 0.6) is 0 Å². The summed E-state index contributed by atoms with van der Waals surface area (Å²) in [6.07, 6.45) is 21.4. The molecule has 0 aliphatic heterocycles. The van der Waals surface area contributed by atoms with Crippen LogP contribution in [0.15, 0.2) is 36.5 Å². The average Bonchev–Trinajstić information content (AvgIpc) is 2.82. The number of halogens is 1. The molecule has 0 bridgehead atoms. The number of aromatic nitrogens is 1. The largest absolute Gasteiger partial charge is 0.256 e. The van der Waals surface area contributed by atoms with Crippen molar-refractivity contribution >= 4 is 0 Å². The zero-order valence-corrected chi connectivity index (χ0v) is 20.6. The number of benzene rings is 1. The topological polar surface area (TPSA) is 12.9 Å². The summed E-state index contributed by atoms with van der Waals surface area (Å²) in [6.45, 7) is 4.51. The summed E-state index contributed by atoms with van der Waals surface area (Å²) in [6, 6.07) is 9.93. The molecule has 1 heterocycles. The Morgan fingerprint density at radius 1 is 0.812 bits per heavy atom. The highest BCUT2D eigenvalue weighted by Crippen LogP contribution is 2.38. The van der Waals surface area contributed by atoms with Crippen molar-refractivity contribution in [3.05, 3.63) is 53.5 Å². The molecule has 1 nitrogen and oxygen atoms in total. The standard InChI is InChI=1S/C30H44FN/c1-3-5-7-9-11-13-25-16-20-28(29(31)22-25)30-21-19-27(23-32-30)26-17-14-24(15-18-26)12-10-8-6-4-2/h16,19-24,26H,3-15,17-18H2,1-2H3. The van der Waals surface area contributed by atoms with E-state index in [4.69, 9.17) is 0 Å². The van der Waals surface area contributed by atoms with Crippen molar-refractivity contribution in [2.45, 2.75) is 116 Å². The zero-order chi connectivity index (χ0) is 22.6. The SMILES string of the molecule is CCCCCCCc1ccc(-c2ccc(C3CCC(CCCCCC)CC3)cn2)c(F)c1. The van der Waals surface area contributed by atoms with E-state index in [1.54, 1.807) is 6.07 Å². The molecule has 1 saturated carbocycles. The molecule has 2 heteroatoms. The van der Waals surface area contributed by atoms with Crippen molar-refractivity contribution < 1.29 is 4.39 Å². The molecular formula is C30H44FN. The van der Waals surface area contributed by atoms with Crippen molar-refractivity contribution in [2.24, 2.45) is 5.92 Å². The normalized spacial score (nSPS) is 18.7. The molecule has 1 aromatic heterocycles. The van der Waals surface area contributed by atoms with E-state index >= 15 is 0 Å². The monoisotopic (exact) mass is 437 g/mol. The third-order valence-electron chi connectivity index (χ3n) is 7.45. The van der Waals surface area contributed by atoms with Gasteiger partial charge in [-0.05, 0) is 79.7 Å². The van der Waals surface area contributed by atoms with E-state index < -0.39 is 0 Å². The molecule has 0 N–H and O–H groups in total. The highest BCUT2D eigenvalue weighted by Gasteiger charge is 2.22. The summed E-state index contributed by atoms with van der Waals surface area (Å²) in [4.78, 5) is 4.66. The van der Waals surface area contributed by atoms with Crippen LogP contribution in [0.3, 0.4) is 0 Å². The maximum atomic E-state index is 14.8. The second kappa shape index (κ2) is 13.8. The Bertz CT molecular complexity index is 774. The van der Waals surface area contributed by atoms with E-state index in [0.717, 1.165) is 30.0 Å². The van der Waals surface area contributed by atoms with Gasteiger partial charge < -0.3 is 0 Å². The van der Waals surface area contributed by atoms with Gasteiger partial charge in [-0.25, -0.2) is 4.39 Å². The van der Waals surface area contributed by atoms with Gasteiger partial charge in [0.15, 0.2) is 0 Å². The molecule has 0 spiro atoms. The van der Waals surface area contributed by atoms with Crippen LogP contribution in [0, 0.1) is 11.7 Å². The van der Waals surface area contributed by atoms with Crippen LogP contribution in [0.1, 0.15) is 121 Å². The first-order valence-corrected chi connectivity index (χ1v) is 13.5. The van der Waals surface area contributed by atoms with Crippen molar-refractivity contribution in [1.82, 2.24) is 4.98 Å². The van der Waals surface area contributed by atoms with E-state index in [9.17, 15) is 4.39 Å². The predicted octanol–water partition coefficient (Wildman–Crippen LogP) is 9.64. The first kappa shape index (κ1) is 24.9. The van der Waals surface area contributed by atoms with Crippen LogP contribution >= 0.6 is 0 Å². The number of pyridine rings is 1. The number of hydrogen-bond acceptors (Lipinski definition) is 1. The van der Waals surface area contributed by atoms with Crippen LogP contribution in [0.25, 0.3) is 11.3 Å². The summed E-state index contributed by atoms with van der Waals surface area (Å²) in [7, 11) is 0. The van der Waals surface area contributed by atoms with Crippen molar-refractivity contribution in [1.29, 1.82) is 0 Å². The van der Waals surface area contributed by atoms with E-state index in [1.807, 2.05) is 18.3 Å². The van der Waals surface area contributed by atoms with Crippen LogP contribution in [0.4, 0.5) is 4.39 Å². The molecule has 0 amide bonds. The molecule has 1 aliphatic carbocycles. The molecule has 1 aromatic carbocycles. The Kier molecular flexibility index (Phi) is 10.7. The summed E-state index contributed by atoms with van der Waals surface area (Å²) < 4.78 is 14.8. The van der Waals surface area contributed by atoms with Crippen LogP contribution in [-0.4, -0.2) is 4.98 Å². The fourth-order valence-corrected chi connectivity index (χ4v) is 5.30. The van der Waals surface area contributed by atoms with Gasteiger partial charge in [-0.15, -0.1) is 0 Å². The Morgan fingerprint density at radius 2 is 1.53 bits per heavy atom. The van der Waals surface area contributed by atoms with Gasteiger partial charge in [0.25, 0.3) is 0 Å².